The number of hydrogen-bond acceptors (Lipinski definition) is 4. The summed E-state index contributed by atoms with van der Waals surface area (Å²) < 4.78 is 5.42. The molecule has 2 heterocycles. The Bertz CT molecular complexity index is 298. The number of amides is 1. The maximum atomic E-state index is 12.0. The largest absolute Gasteiger partial charge is 0.444 e. The third kappa shape index (κ3) is 3.79. The molecule has 0 aromatic rings. The Morgan fingerprint density at radius 2 is 1.89 bits per heavy atom. The summed E-state index contributed by atoms with van der Waals surface area (Å²) in [6.45, 7) is 9.75. The molecule has 0 spiro atoms. The van der Waals surface area contributed by atoms with Crippen LogP contribution in [-0.2, 0) is 4.74 Å². The highest BCUT2D eigenvalue weighted by molar-refractivity contribution is 7.99. The van der Waals surface area contributed by atoms with Crippen LogP contribution in [0.5, 0.6) is 0 Å². The van der Waals surface area contributed by atoms with Gasteiger partial charge in [-0.25, -0.2) is 4.79 Å². The van der Waals surface area contributed by atoms with E-state index in [4.69, 9.17) is 4.74 Å². The van der Waals surface area contributed by atoms with Crippen LogP contribution >= 0.6 is 11.8 Å². The number of likely N-dealkylation sites (tertiary alicyclic amines) is 1. The van der Waals surface area contributed by atoms with Crippen molar-refractivity contribution in [1.82, 2.24) is 9.80 Å². The molecule has 104 valence electrons. The molecule has 1 amide bonds. The summed E-state index contributed by atoms with van der Waals surface area (Å²) in [4.78, 5) is 16.4. The minimum Gasteiger partial charge on any atom is -0.444 e. The SMILES string of the molecule is CC(C)(C)OC(=O)N1CC[C@@H](N2CCSCC2)C1. The summed E-state index contributed by atoms with van der Waals surface area (Å²) in [5, 5.41) is 0. The molecule has 0 radical (unpaired) electrons. The Kier molecular flexibility index (Phi) is 4.43. The topological polar surface area (TPSA) is 32.8 Å². The van der Waals surface area contributed by atoms with Gasteiger partial charge in [0.15, 0.2) is 0 Å². The molecule has 0 aromatic carbocycles. The van der Waals surface area contributed by atoms with Crippen molar-refractivity contribution in [3.8, 4) is 0 Å². The van der Waals surface area contributed by atoms with E-state index in [0.29, 0.717) is 6.04 Å². The molecule has 1 atom stereocenters. The lowest BCUT2D eigenvalue weighted by Crippen LogP contribution is -2.43. The van der Waals surface area contributed by atoms with Crippen molar-refractivity contribution >= 4 is 17.9 Å². The van der Waals surface area contributed by atoms with Crippen LogP contribution in [0.4, 0.5) is 4.79 Å². The molecule has 2 fully saturated rings. The Morgan fingerprint density at radius 1 is 1.22 bits per heavy atom. The molecule has 2 aliphatic heterocycles. The van der Waals surface area contributed by atoms with E-state index in [1.807, 2.05) is 37.4 Å². The first-order valence-electron chi connectivity index (χ1n) is 6.75. The Balaban J connectivity index is 1.82. The highest BCUT2D eigenvalue weighted by atomic mass is 32.2. The van der Waals surface area contributed by atoms with E-state index in [9.17, 15) is 4.79 Å². The normalized spacial score (nSPS) is 26.4. The van der Waals surface area contributed by atoms with Gasteiger partial charge in [-0.05, 0) is 27.2 Å². The van der Waals surface area contributed by atoms with Crippen molar-refractivity contribution in [3.63, 3.8) is 0 Å². The Hall–Kier alpha value is -0.420. The van der Waals surface area contributed by atoms with Gasteiger partial charge >= 0.3 is 6.09 Å². The van der Waals surface area contributed by atoms with Crippen LogP contribution in [0.3, 0.4) is 0 Å². The quantitative estimate of drug-likeness (QED) is 0.731. The molecule has 5 heteroatoms. The molecule has 2 aliphatic rings. The van der Waals surface area contributed by atoms with Crippen molar-refractivity contribution in [2.75, 3.05) is 37.7 Å². The third-order valence-corrected chi connectivity index (χ3v) is 4.32. The third-order valence-electron chi connectivity index (χ3n) is 3.38. The van der Waals surface area contributed by atoms with Gasteiger partial charge in [0.1, 0.15) is 5.60 Å². The molecule has 0 unspecified atom stereocenters. The van der Waals surface area contributed by atoms with Crippen molar-refractivity contribution < 1.29 is 9.53 Å². The van der Waals surface area contributed by atoms with Crippen molar-refractivity contribution in [1.29, 1.82) is 0 Å². The van der Waals surface area contributed by atoms with Crippen molar-refractivity contribution in [2.24, 2.45) is 0 Å². The number of carbonyl (C=O) groups excluding carboxylic acids is 1. The lowest BCUT2D eigenvalue weighted by molar-refractivity contribution is 0.0281. The van der Waals surface area contributed by atoms with E-state index in [1.54, 1.807) is 0 Å². The monoisotopic (exact) mass is 272 g/mol. The number of rotatable bonds is 1. The maximum absolute atomic E-state index is 12.0. The van der Waals surface area contributed by atoms with Crippen LogP contribution in [0, 0.1) is 0 Å². The van der Waals surface area contributed by atoms with E-state index >= 15 is 0 Å². The van der Waals surface area contributed by atoms with E-state index in [1.165, 1.54) is 11.5 Å². The molecular weight excluding hydrogens is 248 g/mol. The van der Waals surface area contributed by atoms with Gasteiger partial charge in [0, 0.05) is 43.7 Å². The van der Waals surface area contributed by atoms with Gasteiger partial charge in [-0.2, -0.15) is 11.8 Å². The highest BCUT2D eigenvalue weighted by Crippen LogP contribution is 2.21. The summed E-state index contributed by atoms with van der Waals surface area (Å²) in [6, 6.07) is 0.540. The molecule has 0 N–H and O–H groups in total. The molecule has 18 heavy (non-hydrogen) atoms. The van der Waals surface area contributed by atoms with Crippen molar-refractivity contribution in [2.45, 2.75) is 38.8 Å². The molecule has 0 aliphatic carbocycles. The zero-order chi connectivity index (χ0) is 13.2. The first-order chi connectivity index (χ1) is 8.46. The molecule has 0 bridgehead atoms. The van der Waals surface area contributed by atoms with Gasteiger partial charge < -0.3 is 9.64 Å². The van der Waals surface area contributed by atoms with Gasteiger partial charge in [-0.1, -0.05) is 0 Å². The molecule has 4 nitrogen and oxygen atoms in total. The van der Waals surface area contributed by atoms with Crippen LogP contribution in [0.1, 0.15) is 27.2 Å². The first-order valence-corrected chi connectivity index (χ1v) is 7.91. The van der Waals surface area contributed by atoms with Crippen LogP contribution < -0.4 is 0 Å². The van der Waals surface area contributed by atoms with Crippen LogP contribution in [-0.4, -0.2) is 65.2 Å². The van der Waals surface area contributed by atoms with E-state index in [0.717, 1.165) is 32.6 Å². The second-order valence-electron chi connectivity index (χ2n) is 6.02. The lowest BCUT2D eigenvalue weighted by atomic mass is 10.2. The maximum Gasteiger partial charge on any atom is 0.410 e. The van der Waals surface area contributed by atoms with Gasteiger partial charge in [-0.15, -0.1) is 0 Å². The molecule has 2 saturated heterocycles. The fourth-order valence-electron chi connectivity index (χ4n) is 2.47. The standard InChI is InChI=1S/C13H24N2O2S/c1-13(2,3)17-12(16)15-5-4-11(10-15)14-6-8-18-9-7-14/h11H,4-10H2,1-3H3/t11-/m1/s1. The summed E-state index contributed by atoms with van der Waals surface area (Å²) in [5.74, 6) is 2.45. The van der Waals surface area contributed by atoms with Crippen molar-refractivity contribution in [3.05, 3.63) is 0 Å². The number of hydrogen-bond donors (Lipinski definition) is 0. The van der Waals surface area contributed by atoms with Crippen LogP contribution in [0.25, 0.3) is 0 Å². The predicted molar refractivity (Wildman–Crippen MR) is 75.1 cm³/mol. The van der Waals surface area contributed by atoms with Gasteiger partial charge in [0.05, 0.1) is 0 Å². The zero-order valence-corrected chi connectivity index (χ0v) is 12.5. The first kappa shape index (κ1) is 14.0. The molecular formula is C13H24N2O2S. The number of carbonyl (C=O) groups is 1. The second-order valence-corrected chi connectivity index (χ2v) is 7.24. The lowest BCUT2D eigenvalue weighted by Gasteiger charge is -2.32. The Labute approximate surface area is 114 Å². The fourth-order valence-corrected chi connectivity index (χ4v) is 3.41. The minimum atomic E-state index is -0.392. The predicted octanol–water partition coefficient (Wildman–Crippen LogP) is 2.04. The van der Waals surface area contributed by atoms with Gasteiger partial charge in [0.25, 0.3) is 0 Å². The van der Waals surface area contributed by atoms with Gasteiger partial charge in [0.2, 0.25) is 0 Å². The number of ether oxygens (including phenoxy) is 1. The Morgan fingerprint density at radius 3 is 2.50 bits per heavy atom. The summed E-state index contributed by atoms with van der Waals surface area (Å²) >= 11 is 2.03. The highest BCUT2D eigenvalue weighted by Gasteiger charge is 2.33. The van der Waals surface area contributed by atoms with Crippen LogP contribution in [0.2, 0.25) is 0 Å². The fraction of sp³-hybridized carbons (Fsp3) is 0.923. The zero-order valence-electron chi connectivity index (χ0n) is 11.6. The molecule has 0 aromatic heterocycles. The van der Waals surface area contributed by atoms with E-state index in [-0.39, 0.29) is 6.09 Å². The number of thioether (sulfide) groups is 1. The average Bonchev–Trinajstić information content (AvgIpc) is 2.77. The minimum absolute atomic E-state index is 0.156. The van der Waals surface area contributed by atoms with E-state index in [2.05, 4.69) is 4.90 Å². The molecule has 2 rings (SSSR count). The smallest absolute Gasteiger partial charge is 0.410 e. The molecule has 0 saturated carbocycles. The van der Waals surface area contributed by atoms with Gasteiger partial charge in [-0.3, -0.25) is 4.90 Å². The summed E-state index contributed by atoms with van der Waals surface area (Å²) in [6.07, 6.45) is 0.931. The summed E-state index contributed by atoms with van der Waals surface area (Å²) in [7, 11) is 0. The number of nitrogens with zero attached hydrogens (tertiary/aromatic N) is 2. The van der Waals surface area contributed by atoms with Crippen LogP contribution in [0.15, 0.2) is 0 Å². The average molecular weight is 272 g/mol. The second kappa shape index (κ2) is 5.70. The summed E-state index contributed by atoms with van der Waals surface area (Å²) in [5.41, 5.74) is -0.392. The van der Waals surface area contributed by atoms with E-state index < -0.39 is 5.60 Å².